The second-order valence-electron chi connectivity index (χ2n) is 7.15. The Hall–Kier alpha value is -3.18. The summed E-state index contributed by atoms with van der Waals surface area (Å²) in [4.78, 5) is 27.5. The Bertz CT molecular complexity index is 1110. The molecule has 1 unspecified atom stereocenters. The topological polar surface area (TPSA) is 57.6 Å². The fourth-order valence-electron chi connectivity index (χ4n) is 3.78. The highest BCUT2D eigenvalue weighted by molar-refractivity contribution is 9.10. The van der Waals surface area contributed by atoms with Crippen molar-refractivity contribution in [3.8, 4) is 0 Å². The number of carbonyl (C=O) groups excluding carboxylic acids is 2. The number of hydrogen-bond donors (Lipinski definition) is 1. The molecule has 0 spiro atoms. The van der Waals surface area contributed by atoms with E-state index in [0.717, 1.165) is 15.6 Å². The van der Waals surface area contributed by atoms with Crippen molar-refractivity contribution in [3.63, 3.8) is 0 Å². The van der Waals surface area contributed by atoms with Crippen LogP contribution in [0.3, 0.4) is 0 Å². The number of ketones is 1. The van der Waals surface area contributed by atoms with Crippen LogP contribution in [0.5, 0.6) is 0 Å². The summed E-state index contributed by atoms with van der Waals surface area (Å²) < 4.78 is 0.841. The summed E-state index contributed by atoms with van der Waals surface area (Å²) in [5.74, 6) is -1.40. The molecule has 3 aromatic carbocycles. The maximum absolute atomic E-state index is 13.0. The first-order valence-corrected chi connectivity index (χ1v) is 10.5. The molecule has 1 fully saturated rings. The fourth-order valence-corrected chi connectivity index (χ4v) is 4.20. The fraction of sp³-hybridized carbons (Fsp3) is 0.120. The number of carbonyl (C=O) groups is 2. The summed E-state index contributed by atoms with van der Waals surface area (Å²) in [7, 11) is 0. The minimum Gasteiger partial charge on any atom is -0.507 e. The minimum atomic E-state index is -0.658. The van der Waals surface area contributed by atoms with Crippen molar-refractivity contribution < 1.29 is 14.7 Å². The average molecular weight is 462 g/mol. The number of rotatable bonds is 5. The molecule has 1 aliphatic heterocycles. The quantitative estimate of drug-likeness (QED) is 0.326. The molecular formula is C25H20BrNO3. The van der Waals surface area contributed by atoms with Gasteiger partial charge < -0.3 is 10.0 Å². The van der Waals surface area contributed by atoms with Gasteiger partial charge in [-0.15, -0.1) is 0 Å². The second kappa shape index (κ2) is 8.67. The van der Waals surface area contributed by atoms with E-state index >= 15 is 0 Å². The summed E-state index contributed by atoms with van der Waals surface area (Å²) >= 11 is 3.47. The number of halogens is 1. The van der Waals surface area contributed by atoms with Crippen molar-refractivity contribution in [3.05, 3.63) is 112 Å². The number of nitrogens with zero attached hydrogens (tertiary/aromatic N) is 1. The summed E-state index contributed by atoms with van der Waals surface area (Å²) in [5.41, 5.74) is 2.49. The van der Waals surface area contributed by atoms with Crippen LogP contribution in [0.2, 0.25) is 0 Å². The van der Waals surface area contributed by atoms with Gasteiger partial charge in [-0.05, 0) is 29.7 Å². The molecule has 30 heavy (non-hydrogen) atoms. The van der Waals surface area contributed by atoms with Gasteiger partial charge in [0, 0.05) is 16.6 Å². The number of aliphatic hydroxyl groups is 1. The lowest BCUT2D eigenvalue weighted by Gasteiger charge is -2.25. The molecule has 1 amide bonds. The molecule has 3 aromatic rings. The van der Waals surface area contributed by atoms with E-state index in [1.54, 1.807) is 29.2 Å². The summed E-state index contributed by atoms with van der Waals surface area (Å²) in [6.07, 6.45) is 0.615. The van der Waals surface area contributed by atoms with Crippen LogP contribution in [0, 0.1) is 0 Å². The van der Waals surface area contributed by atoms with Crippen molar-refractivity contribution in [1.29, 1.82) is 0 Å². The summed E-state index contributed by atoms with van der Waals surface area (Å²) in [5, 5.41) is 11.0. The van der Waals surface area contributed by atoms with E-state index in [2.05, 4.69) is 15.9 Å². The number of Topliss-reactive ketones (excluding diaryl/α,β-unsaturated/α-hetero) is 1. The van der Waals surface area contributed by atoms with Gasteiger partial charge in [0.15, 0.2) is 0 Å². The SMILES string of the molecule is O=C1C(=O)N(CCc2ccccc2)C(c2cccc(Br)c2)C1=C(O)c1ccccc1. The zero-order valence-corrected chi connectivity index (χ0v) is 17.7. The van der Waals surface area contributed by atoms with Crippen LogP contribution in [0.4, 0.5) is 0 Å². The first kappa shape index (κ1) is 20.1. The van der Waals surface area contributed by atoms with E-state index in [-0.39, 0.29) is 11.3 Å². The highest BCUT2D eigenvalue weighted by Gasteiger charge is 2.45. The van der Waals surface area contributed by atoms with E-state index in [4.69, 9.17) is 0 Å². The molecule has 0 aliphatic carbocycles. The van der Waals surface area contributed by atoms with Gasteiger partial charge in [0.2, 0.25) is 0 Å². The lowest BCUT2D eigenvalue weighted by Crippen LogP contribution is -2.31. The van der Waals surface area contributed by atoms with Crippen LogP contribution in [-0.2, 0) is 16.0 Å². The van der Waals surface area contributed by atoms with Crippen molar-refractivity contribution in [2.24, 2.45) is 0 Å². The maximum Gasteiger partial charge on any atom is 0.295 e. The van der Waals surface area contributed by atoms with E-state index in [1.807, 2.05) is 60.7 Å². The van der Waals surface area contributed by atoms with Gasteiger partial charge in [-0.1, -0.05) is 88.7 Å². The molecule has 0 aromatic heterocycles. The van der Waals surface area contributed by atoms with Gasteiger partial charge >= 0.3 is 0 Å². The molecule has 4 rings (SSSR count). The summed E-state index contributed by atoms with van der Waals surface area (Å²) in [6, 6.07) is 25.5. The smallest absolute Gasteiger partial charge is 0.295 e. The Morgan fingerprint density at radius 2 is 1.57 bits per heavy atom. The molecule has 0 saturated carbocycles. The van der Waals surface area contributed by atoms with Crippen molar-refractivity contribution >= 4 is 33.4 Å². The Morgan fingerprint density at radius 1 is 0.900 bits per heavy atom. The van der Waals surface area contributed by atoms with Crippen LogP contribution < -0.4 is 0 Å². The third kappa shape index (κ3) is 3.94. The third-order valence-corrected chi connectivity index (χ3v) is 5.73. The number of benzene rings is 3. The van der Waals surface area contributed by atoms with Gasteiger partial charge in [-0.3, -0.25) is 9.59 Å². The highest BCUT2D eigenvalue weighted by atomic mass is 79.9. The second-order valence-corrected chi connectivity index (χ2v) is 8.06. The average Bonchev–Trinajstić information content (AvgIpc) is 3.03. The zero-order chi connectivity index (χ0) is 21.1. The Balaban J connectivity index is 1.79. The predicted octanol–water partition coefficient (Wildman–Crippen LogP) is 5.11. The van der Waals surface area contributed by atoms with Crippen LogP contribution in [0.15, 0.2) is 95.0 Å². The largest absolute Gasteiger partial charge is 0.507 e. The molecular weight excluding hydrogens is 442 g/mol. The molecule has 0 radical (unpaired) electrons. The lowest BCUT2D eigenvalue weighted by molar-refractivity contribution is -0.139. The normalized spacial score (nSPS) is 18.0. The van der Waals surface area contributed by atoms with Gasteiger partial charge in [0.1, 0.15) is 5.76 Å². The van der Waals surface area contributed by atoms with Crippen LogP contribution in [0.25, 0.3) is 5.76 Å². The Labute approximate surface area is 183 Å². The molecule has 1 saturated heterocycles. The highest BCUT2D eigenvalue weighted by Crippen LogP contribution is 2.40. The Morgan fingerprint density at radius 3 is 2.23 bits per heavy atom. The van der Waals surface area contributed by atoms with Gasteiger partial charge in [-0.25, -0.2) is 0 Å². The van der Waals surface area contributed by atoms with E-state index in [9.17, 15) is 14.7 Å². The number of hydrogen-bond acceptors (Lipinski definition) is 3. The molecule has 1 aliphatic rings. The molecule has 0 bridgehead atoms. The first-order chi connectivity index (χ1) is 14.6. The van der Waals surface area contributed by atoms with Crippen molar-refractivity contribution in [2.45, 2.75) is 12.5 Å². The molecule has 1 atom stereocenters. The van der Waals surface area contributed by atoms with Crippen LogP contribution in [-0.4, -0.2) is 28.2 Å². The number of aliphatic hydroxyl groups excluding tert-OH is 1. The van der Waals surface area contributed by atoms with Gasteiger partial charge in [0.05, 0.1) is 11.6 Å². The maximum atomic E-state index is 13.0. The van der Waals surface area contributed by atoms with E-state index < -0.39 is 17.7 Å². The summed E-state index contributed by atoms with van der Waals surface area (Å²) in [6.45, 7) is 0.372. The predicted molar refractivity (Wildman–Crippen MR) is 120 cm³/mol. The van der Waals surface area contributed by atoms with Crippen molar-refractivity contribution in [2.75, 3.05) is 6.54 Å². The molecule has 5 heteroatoms. The third-order valence-electron chi connectivity index (χ3n) is 5.24. The Kier molecular flexibility index (Phi) is 5.81. The molecule has 4 nitrogen and oxygen atoms in total. The van der Waals surface area contributed by atoms with Gasteiger partial charge in [0.25, 0.3) is 11.7 Å². The molecule has 1 N–H and O–H groups in total. The van der Waals surface area contributed by atoms with Gasteiger partial charge in [-0.2, -0.15) is 0 Å². The standard InChI is InChI=1S/C25H20BrNO3/c26-20-13-7-12-19(16-20)22-21(23(28)18-10-5-2-6-11-18)24(29)25(30)27(22)15-14-17-8-3-1-4-9-17/h1-13,16,22,28H,14-15H2. The van der Waals surface area contributed by atoms with Crippen LogP contribution >= 0.6 is 15.9 Å². The zero-order valence-electron chi connectivity index (χ0n) is 16.2. The van der Waals surface area contributed by atoms with Crippen molar-refractivity contribution in [1.82, 2.24) is 4.90 Å². The first-order valence-electron chi connectivity index (χ1n) is 9.69. The number of likely N-dealkylation sites (tertiary alicyclic amines) is 1. The lowest BCUT2D eigenvalue weighted by atomic mass is 9.95. The van der Waals surface area contributed by atoms with E-state index in [0.29, 0.717) is 18.5 Å². The molecule has 150 valence electrons. The molecule has 1 heterocycles. The number of amides is 1. The minimum absolute atomic E-state index is 0.123. The van der Waals surface area contributed by atoms with E-state index in [1.165, 1.54) is 0 Å². The van der Waals surface area contributed by atoms with Crippen LogP contribution in [0.1, 0.15) is 22.7 Å². The monoisotopic (exact) mass is 461 g/mol.